The molecule has 1 heterocycles. The summed E-state index contributed by atoms with van der Waals surface area (Å²) < 4.78 is 80.5. The summed E-state index contributed by atoms with van der Waals surface area (Å²) in [6, 6.07) is 9.19. The Morgan fingerprint density at radius 2 is 1.35 bits per heavy atom. The van der Waals surface area contributed by atoms with Crippen LogP contribution in [0.15, 0.2) is 54.7 Å². The SMILES string of the molecule is Cc1ccccc1-c1cc(C(=O)O)ncc1N(C)C(=O)C(C)(C)c1cc(C(F)(F)F)cc(C(F)(F)F)c1. The second-order valence-corrected chi connectivity index (χ2v) is 8.99. The summed E-state index contributed by atoms with van der Waals surface area (Å²) in [5.41, 5.74) is -3.98. The summed E-state index contributed by atoms with van der Waals surface area (Å²) in [4.78, 5) is 30.0. The summed E-state index contributed by atoms with van der Waals surface area (Å²) in [6.07, 6.45) is -9.02. The number of aromatic nitrogens is 1. The number of pyridine rings is 1. The fourth-order valence-electron chi connectivity index (χ4n) is 3.89. The molecule has 0 bridgehead atoms. The van der Waals surface area contributed by atoms with Crippen molar-refractivity contribution in [1.82, 2.24) is 4.98 Å². The topological polar surface area (TPSA) is 70.5 Å². The van der Waals surface area contributed by atoms with Gasteiger partial charge in [0.2, 0.25) is 5.91 Å². The van der Waals surface area contributed by atoms with E-state index in [2.05, 4.69) is 4.98 Å². The Hall–Kier alpha value is -3.89. The lowest BCUT2D eigenvalue weighted by molar-refractivity contribution is -0.143. The fraction of sp³-hybridized carbons (Fsp3) is 0.269. The molecule has 0 atom stereocenters. The van der Waals surface area contributed by atoms with E-state index in [0.29, 0.717) is 23.3 Å². The Labute approximate surface area is 208 Å². The first-order valence-electron chi connectivity index (χ1n) is 10.8. The molecular weight excluding hydrogens is 502 g/mol. The van der Waals surface area contributed by atoms with Crippen LogP contribution in [0.5, 0.6) is 0 Å². The van der Waals surface area contributed by atoms with Crippen LogP contribution < -0.4 is 4.90 Å². The van der Waals surface area contributed by atoms with Gasteiger partial charge in [-0.3, -0.25) is 4.79 Å². The highest BCUT2D eigenvalue weighted by atomic mass is 19.4. The third-order valence-corrected chi connectivity index (χ3v) is 6.05. The number of hydrogen-bond donors (Lipinski definition) is 1. The third-order valence-electron chi connectivity index (χ3n) is 6.05. The van der Waals surface area contributed by atoms with Gasteiger partial charge in [0.1, 0.15) is 5.69 Å². The van der Waals surface area contributed by atoms with E-state index < -0.39 is 46.3 Å². The molecule has 3 rings (SSSR count). The Bertz CT molecular complexity index is 1330. The summed E-state index contributed by atoms with van der Waals surface area (Å²) in [7, 11) is 1.29. The van der Waals surface area contributed by atoms with Gasteiger partial charge in [-0.05, 0) is 61.7 Å². The van der Waals surface area contributed by atoms with Gasteiger partial charge >= 0.3 is 18.3 Å². The van der Waals surface area contributed by atoms with Gasteiger partial charge in [0.15, 0.2) is 0 Å². The number of carboxylic acid groups (broad SMARTS) is 1. The van der Waals surface area contributed by atoms with Crippen LogP contribution in [0.2, 0.25) is 0 Å². The van der Waals surface area contributed by atoms with Crippen LogP contribution >= 0.6 is 0 Å². The normalized spacial score (nSPS) is 12.4. The van der Waals surface area contributed by atoms with Crippen LogP contribution in [0.25, 0.3) is 11.1 Å². The number of anilines is 1. The lowest BCUT2D eigenvalue weighted by Crippen LogP contribution is -2.42. The molecule has 1 aromatic heterocycles. The van der Waals surface area contributed by atoms with Crippen molar-refractivity contribution in [3.63, 3.8) is 0 Å². The molecule has 37 heavy (non-hydrogen) atoms. The number of carbonyl (C=O) groups excluding carboxylic acids is 1. The molecule has 0 radical (unpaired) electrons. The minimum atomic E-state index is -5.07. The third kappa shape index (κ3) is 5.60. The van der Waals surface area contributed by atoms with Crippen molar-refractivity contribution in [2.45, 2.75) is 38.5 Å². The van der Waals surface area contributed by atoms with Crippen molar-refractivity contribution in [2.75, 3.05) is 11.9 Å². The average molecular weight is 524 g/mol. The van der Waals surface area contributed by atoms with Gasteiger partial charge in [-0.2, -0.15) is 26.3 Å². The number of rotatable bonds is 5. The highest BCUT2D eigenvalue weighted by Crippen LogP contribution is 2.40. The van der Waals surface area contributed by atoms with Gasteiger partial charge in [0.25, 0.3) is 0 Å². The van der Waals surface area contributed by atoms with E-state index >= 15 is 0 Å². The van der Waals surface area contributed by atoms with Crippen LogP contribution in [-0.2, 0) is 22.6 Å². The number of amides is 1. The molecule has 0 saturated heterocycles. The van der Waals surface area contributed by atoms with Gasteiger partial charge in [0, 0.05) is 12.6 Å². The van der Waals surface area contributed by atoms with Crippen molar-refractivity contribution in [2.24, 2.45) is 0 Å². The molecule has 2 aromatic carbocycles. The van der Waals surface area contributed by atoms with Gasteiger partial charge in [-0.25, -0.2) is 9.78 Å². The molecule has 196 valence electrons. The van der Waals surface area contributed by atoms with E-state index in [-0.39, 0.29) is 17.4 Å². The minimum absolute atomic E-state index is 0.00139. The van der Waals surface area contributed by atoms with E-state index in [1.165, 1.54) is 27.0 Å². The quantitative estimate of drug-likeness (QED) is 0.376. The average Bonchev–Trinajstić information content (AvgIpc) is 2.81. The van der Waals surface area contributed by atoms with Gasteiger partial charge < -0.3 is 10.0 Å². The van der Waals surface area contributed by atoms with Crippen molar-refractivity contribution < 1.29 is 41.0 Å². The zero-order valence-electron chi connectivity index (χ0n) is 20.1. The molecule has 0 saturated carbocycles. The Balaban J connectivity index is 2.17. The molecule has 5 nitrogen and oxygen atoms in total. The van der Waals surface area contributed by atoms with Gasteiger partial charge in [-0.1, -0.05) is 24.3 Å². The molecule has 0 spiro atoms. The number of carbonyl (C=O) groups is 2. The lowest BCUT2D eigenvalue weighted by atomic mass is 9.81. The maximum Gasteiger partial charge on any atom is 0.416 e. The van der Waals surface area contributed by atoms with Crippen LogP contribution in [0.3, 0.4) is 0 Å². The predicted octanol–water partition coefficient (Wildman–Crippen LogP) is 6.73. The Kier molecular flexibility index (Phi) is 7.13. The molecule has 0 aliphatic carbocycles. The van der Waals surface area contributed by atoms with Crippen LogP contribution in [0.1, 0.15) is 46.6 Å². The number of hydrogen-bond acceptors (Lipinski definition) is 3. The van der Waals surface area contributed by atoms with E-state index in [4.69, 9.17) is 0 Å². The minimum Gasteiger partial charge on any atom is -0.477 e. The van der Waals surface area contributed by atoms with Gasteiger partial charge in [0.05, 0.1) is 28.4 Å². The molecule has 0 fully saturated rings. The van der Waals surface area contributed by atoms with Crippen molar-refractivity contribution >= 4 is 17.6 Å². The molecule has 0 aliphatic heterocycles. The molecular formula is C26H22F6N2O3. The molecule has 0 aliphatic rings. The number of aryl methyl sites for hydroxylation is 1. The summed E-state index contributed by atoms with van der Waals surface area (Å²) in [5.74, 6) is -2.15. The maximum absolute atomic E-state index is 13.6. The first-order valence-corrected chi connectivity index (χ1v) is 10.8. The van der Waals surface area contributed by atoms with Gasteiger partial charge in [-0.15, -0.1) is 0 Å². The number of likely N-dealkylation sites (N-methyl/N-ethyl adjacent to an activating group) is 1. The number of benzene rings is 2. The van der Waals surface area contributed by atoms with Crippen molar-refractivity contribution in [3.8, 4) is 11.1 Å². The van der Waals surface area contributed by atoms with Crippen molar-refractivity contribution in [3.05, 3.63) is 82.7 Å². The maximum atomic E-state index is 13.6. The standard InChI is InChI=1S/C26H22F6N2O3/c1-14-7-5-6-8-18(14)19-12-20(22(35)36)33-13-21(19)34(4)23(37)24(2,3)15-9-16(25(27,28)29)11-17(10-15)26(30,31)32/h5-13H,1-4H3,(H,35,36). The second-order valence-electron chi connectivity index (χ2n) is 8.99. The van der Waals surface area contributed by atoms with Crippen molar-refractivity contribution in [1.29, 1.82) is 0 Å². The van der Waals surface area contributed by atoms with Crippen LogP contribution in [0, 0.1) is 6.92 Å². The number of halogens is 6. The molecule has 1 amide bonds. The molecule has 3 aromatic rings. The Morgan fingerprint density at radius 1 is 0.838 bits per heavy atom. The smallest absolute Gasteiger partial charge is 0.416 e. The summed E-state index contributed by atoms with van der Waals surface area (Å²) >= 11 is 0. The predicted molar refractivity (Wildman–Crippen MR) is 124 cm³/mol. The van der Waals surface area contributed by atoms with Crippen LogP contribution in [0.4, 0.5) is 32.0 Å². The zero-order chi connectivity index (χ0) is 27.9. The largest absolute Gasteiger partial charge is 0.477 e. The number of nitrogens with zero attached hydrogens (tertiary/aromatic N) is 2. The monoisotopic (exact) mass is 524 g/mol. The van der Waals surface area contributed by atoms with E-state index in [1.54, 1.807) is 31.2 Å². The lowest BCUT2D eigenvalue weighted by Gasteiger charge is -2.32. The highest BCUT2D eigenvalue weighted by molar-refractivity contribution is 6.03. The van der Waals surface area contributed by atoms with Crippen LogP contribution in [-0.4, -0.2) is 29.0 Å². The molecule has 11 heteroatoms. The first-order chi connectivity index (χ1) is 16.9. The van der Waals surface area contributed by atoms with E-state index in [1.807, 2.05) is 0 Å². The highest BCUT2D eigenvalue weighted by Gasteiger charge is 2.41. The second kappa shape index (κ2) is 9.53. The molecule has 1 N–H and O–H groups in total. The zero-order valence-corrected chi connectivity index (χ0v) is 20.1. The van der Waals surface area contributed by atoms with E-state index in [0.717, 1.165) is 16.7 Å². The molecule has 0 unspecified atom stereocenters. The number of alkyl halides is 6. The number of carboxylic acids is 1. The number of aromatic carboxylic acids is 1. The summed E-state index contributed by atoms with van der Waals surface area (Å²) in [5, 5.41) is 9.40. The first kappa shape index (κ1) is 27.7. The fourth-order valence-corrected chi connectivity index (χ4v) is 3.89. The summed E-state index contributed by atoms with van der Waals surface area (Å²) in [6.45, 7) is 4.19. The van der Waals surface area contributed by atoms with E-state index in [9.17, 15) is 41.0 Å². The Morgan fingerprint density at radius 3 is 1.84 bits per heavy atom.